The maximum Gasteiger partial charge on any atom is 0.0460 e. The third-order valence-electron chi connectivity index (χ3n) is 6.45. The quantitative estimate of drug-likeness (QED) is 0.329. The molecule has 0 saturated carbocycles. The molecule has 0 radical (unpaired) electrons. The van der Waals surface area contributed by atoms with Crippen molar-refractivity contribution in [3.63, 3.8) is 0 Å². The summed E-state index contributed by atoms with van der Waals surface area (Å²) in [6.45, 7) is 0. The molecule has 0 fully saturated rings. The highest BCUT2D eigenvalue weighted by Gasteiger charge is 2.24. The predicted octanol–water partition coefficient (Wildman–Crippen LogP) is 7.53. The van der Waals surface area contributed by atoms with Crippen LogP contribution in [-0.2, 0) is 12.8 Å². The topological polar surface area (TPSA) is 15.8 Å². The number of aromatic nitrogens is 1. The molecule has 1 nitrogen and oxygen atoms in total. The Morgan fingerprint density at radius 3 is 1.86 bits per heavy atom. The molecule has 0 bridgehead atoms. The molecule has 1 heteroatoms. The van der Waals surface area contributed by atoms with Crippen LogP contribution in [-0.4, -0.2) is 4.98 Å². The molecular formula is C28H23N. The minimum atomic E-state index is 1.16. The summed E-state index contributed by atoms with van der Waals surface area (Å²) in [4.78, 5) is 3.43. The maximum absolute atomic E-state index is 3.43. The van der Waals surface area contributed by atoms with Gasteiger partial charge in [-0.25, -0.2) is 0 Å². The van der Waals surface area contributed by atoms with Gasteiger partial charge in [0.25, 0.3) is 0 Å². The molecular weight excluding hydrogens is 350 g/mol. The number of fused-ring (bicyclic) bond motifs is 4. The monoisotopic (exact) mass is 373 g/mol. The fourth-order valence-electron chi connectivity index (χ4n) is 5.24. The molecule has 0 spiro atoms. The minimum absolute atomic E-state index is 1.16. The Kier molecular flexibility index (Phi) is 3.80. The second-order valence-electron chi connectivity index (χ2n) is 8.07. The number of hydrogen-bond acceptors (Lipinski definition) is 0. The van der Waals surface area contributed by atoms with Crippen molar-refractivity contribution < 1.29 is 0 Å². The summed E-state index contributed by atoms with van der Waals surface area (Å²) < 4.78 is 0. The summed E-state index contributed by atoms with van der Waals surface area (Å²) in [5, 5.41) is 4.10. The van der Waals surface area contributed by atoms with E-state index < -0.39 is 0 Å². The van der Waals surface area contributed by atoms with E-state index in [4.69, 9.17) is 0 Å². The predicted molar refractivity (Wildman–Crippen MR) is 123 cm³/mol. The van der Waals surface area contributed by atoms with Crippen LogP contribution in [0.15, 0.2) is 85.1 Å². The van der Waals surface area contributed by atoms with Gasteiger partial charge in [0.2, 0.25) is 0 Å². The Morgan fingerprint density at radius 1 is 0.552 bits per heavy atom. The fourth-order valence-corrected chi connectivity index (χ4v) is 5.24. The Bertz CT molecular complexity index is 1330. The second-order valence-corrected chi connectivity index (χ2v) is 8.07. The first-order valence-electron chi connectivity index (χ1n) is 10.6. The number of H-pyrrole nitrogens is 1. The number of hydrogen-bond donors (Lipinski definition) is 1. The van der Waals surface area contributed by atoms with Gasteiger partial charge in [-0.3, -0.25) is 0 Å². The first-order chi connectivity index (χ1) is 14.4. The number of rotatable bonds is 2. The molecule has 4 aromatic carbocycles. The summed E-state index contributed by atoms with van der Waals surface area (Å²) in [5.41, 5.74) is 9.89. The zero-order valence-corrected chi connectivity index (χ0v) is 16.4. The molecule has 140 valence electrons. The smallest absolute Gasteiger partial charge is 0.0460 e. The average molecular weight is 373 g/mol. The van der Waals surface area contributed by atoms with Gasteiger partial charge < -0.3 is 4.98 Å². The van der Waals surface area contributed by atoms with Crippen LogP contribution >= 0.6 is 0 Å². The van der Waals surface area contributed by atoms with Crippen LogP contribution in [0.2, 0.25) is 0 Å². The van der Waals surface area contributed by atoms with Crippen LogP contribution in [0.5, 0.6) is 0 Å². The van der Waals surface area contributed by atoms with Gasteiger partial charge in [0, 0.05) is 17.1 Å². The van der Waals surface area contributed by atoms with Crippen molar-refractivity contribution in [3.05, 3.63) is 96.2 Å². The molecule has 1 heterocycles. The SMILES string of the molecule is c1ccc(-c2c3c(c(-c4ccccc4)c4c2ccc2[nH]ccc24)CCCC3)cc1. The van der Waals surface area contributed by atoms with Crippen molar-refractivity contribution in [1.82, 2.24) is 4.98 Å². The normalized spacial score (nSPS) is 13.7. The highest BCUT2D eigenvalue weighted by Crippen LogP contribution is 2.46. The fraction of sp³-hybridized carbons (Fsp3) is 0.143. The third kappa shape index (κ3) is 2.54. The first-order valence-corrected chi connectivity index (χ1v) is 10.6. The van der Waals surface area contributed by atoms with Gasteiger partial charge in [-0.1, -0.05) is 66.7 Å². The van der Waals surface area contributed by atoms with E-state index >= 15 is 0 Å². The first kappa shape index (κ1) is 16.6. The number of nitrogens with one attached hydrogen (secondary N) is 1. The Balaban J connectivity index is 1.86. The van der Waals surface area contributed by atoms with Gasteiger partial charge in [-0.05, 0) is 82.0 Å². The van der Waals surface area contributed by atoms with E-state index in [0.717, 1.165) is 6.42 Å². The van der Waals surface area contributed by atoms with Crippen LogP contribution in [0.1, 0.15) is 24.0 Å². The Labute approximate surface area is 171 Å². The molecule has 0 amide bonds. The lowest BCUT2D eigenvalue weighted by Crippen LogP contribution is -2.08. The maximum atomic E-state index is 3.43. The van der Waals surface area contributed by atoms with Crippen molar-refractivity contribution >= 4 is 21.7 Å². The van der Waals surface area contributed by atoms with Gasteiger partial charge in [-0.2, -0.15) is 0 Å². The van der Waals surface area contributed by atoms with Crippen molar-refractivity contribution in [3.8, 4) is 22.3 Å². The van der Waals surface area contributed by atoms with E-state index in [2.05, 4.69) is 90.0 Å². The zero-order chi connectivity index (χ0) is 19.2. The minimum Gasteiger partial charge on any atom is -0.361 e. The molecule has 0 saturated heterocycles. The summed E-state index contributed by atoms with van der Waals surface area (Å²) >= 11 is 0. The van der Waals surface area contributed by atoms with Crippen LogP contribution in [0.3, 0.4) is 0 Å². The summed E-state index contributed by atoms with van der Waals surface area (Å²) in [7, 11) is 0. The molecule has 6 rings (SSSR count). The molecule has 5 aromatic rings. The molecule has 29 heavy (non-hydrogen) atoms. The van der Waals surface area contributed by atoms with Gasteiger partial charge >= 0.3 is 0 Å². The Morgan fingerprint density at radius 2 is 1.17 bits per heavy atom. The molecule has 1 aliphatic rings. The third-order valence-corrected chi connectivity index (χ3v) is 6.45. The van der Waals surface area contributed by atoms with E-state index in [0.29, 0.717) is 0 Å². The lowest BCUT2D eigenvalue weighted by molar-refractivity contribution is 0.689. The standard InChI is InChI=1S/C28H23N/c1-3-9-19(10-4-1)26-21-13-7-8-14-22(21)27(20-11-5-2-6-12-20)28-23-17-18-29-25(23)16-15-24(26)28/h1-6,9-12,15-18,29H,7-8,13-14H2. The van der Waals surface area contributed by atoms with Crippen molar-refractivity contribution in [2.24, 2.45) is 0 Å². The molecule has 1 aromatic heterocycles. The van der Waals surface area contributed by atoms with Gasteiger partial charge in [0.15, 0.2) is 0 Å². The summed E-state index contributed by atoms with van der Waals surface area (Å²) in [5.74, 6) is 0. The number of aromatic amines is 1. The summed E-state index contributed by atoms with van der Waals surface area (Å²) in [6, 6.07) is 28.8. The molecule has 0 atom stereocenters. The molecule has 0 unspecified atom stereocenters. The highest BCUT2D eigenvalue weighted by atomic mass is 14.7. The highest BCUT2D eigenvalue weighted by molar-refractivity contribution is 6.19. The Hall–Kier alpha value is -3.32. The second kappa shape index (κ2) is 6.63. The average Bonchev–Trinajstić information content (AvgIpc) is 3.28. The molecule has 1 N–H and O–H groups in total. The van der Waals surface area contributed by atoms with Gasteiger partial charge in [-0.15, -0.1) is 0 Å². The van der Waals surface area contributed by atoms with Crippen LogP contribution in [0, 0.1) is 0 Å². The zero-order valence-electron chi connectivity index (χ0n) is 16.4. The van der Waals surface area contributed by atoms with Gasteiger partial charge in [0.1, 0.15) is 0 Å². The summed E-state index contributed by atoms with van der Waals surface area (Å²) in [6.07, 6.45) is 6.95. The lowest BCUT2D eigenvalue weighted by Gasteiger charge is -2.26. The van der Waals surface area contributed by atoms with Crippen molar-refractivity contribution in [2.45, 2.75) is 25.7 Å². The number of benzene rings is 4. The van der Waals surface area contributed by atoms with E-state index in [1.807, 2.05) is 0 Å². The molecule has 1 aliphatic carbocycles. The van der Waals surface area contributed by atoms with E-state index in [-0.39, 0.29) is 0 Å². The van der Waals surface area contributed by atoms with Crippen LogP contribution < -0.4 is 0 Å². The molecule has 0 aliphatic heterocycles. The lowest BCUT2D eigenvalue weighted by atomic mass is 9.77. The van der Waals surface area contributed by atoms with Crippen LogP contribution in [0.4, 0.5) is 0 Å². The van der Waals surface area contributed by atoms with E-state index in [1.54, 1.807) is 11.1 Å². The van der Waals surface area contributed by atoms with E-state index in [1.165, 1.54) is 63.2 Å². The van der Waals surface area contributed by atoms with Crippen molar-refractivity contribution in [1.29, 1.82) is 0 Å². The van der Waals surface area contributed by atoms with E-state index in [9.17, 15) is 0 Å². The largest absolute Gasteiger partial charge is 0.361 e. The van der Waals surface area contributed by atoms with Crippen LogP contribution in [0.25, 0.3) is 43.9 Å². The van der Waals surface area contributed by atoms with Gasteiger partial charge in [0.05, 0.1) is 0 Å². The van der Waals surface area contributed by atoms with Crippen molar-refractivity contribution in [2.75, 3.05) is 0 Å².